The number of carboxylic acids is 1. The number of amides is 2. The molecule has 2 amide bonds. The molecule has 0 spiro atoms. The van der Waals surface area contributed by atoms with E-state index in [1.165, 1.54) is 7.11 Å². The Morgan fingerprint density at radius 1 is 1.06 bits per heavy atom. The Labute approximate surface area is 185 Å². The average Bonchev–Trinajstić information content (AvgIpc) is 3.08. The third-order valence-corrected chi connectivity index (χ3v) is 6.33. The first-order chi connectivity index (χ1) is 15.4. The Balaban J connectivity index is 1.32. The lowest BCUT2D eigenvalue weighted by Crippen LogP contribution is -2.62. The normalized spacial score (nSPS) is 16.8. The third-order valence-electron chi connectivity index (χ3n) is 6.33. The van der Waals surface area contributed by atoms with Crippen LogP contribution in [0.1, 0.15) is 36.3 Å². The van der Waals surface area contributed by atoms with E-state index < -0.39 is 29.6 Å². The Kier molecular flexibility index (Phi) is 6.14. The van der Waals surface area contributed by atoms with Crippen molar-refractivity contribution in [2.45, 2.75) is 36.8 Å². The molecule has 32 heavy (non-hydrogen) atoms. The summed E-state index contributed by atoms with van der Waals surface area (Å²) in [5.74, 6) is -1.70. The number of carbonyl (C=O) groups excluding carboxylic acids is 2. The number of hydrogen-bond donors (Lipinski definition) is 3. The van der Waals surface area contributed by atoms with E-state index in [1.807, 2.05) is 36.4 Å². The monoisotopic (exact) mass is 438 g/mol. The van der Waals surface area contributed by atoms with Crippen LogP contribution in [0.3, 0.4) is 0 Å². The maximum absolute atomic E-state index is 12.4. The van der Waals surface area contributed by atoms with E-state index in [0.29, 0.717) is 12.8 Å². The van der Waals surface area contributed by atoms with Gasteiger partial charge < -0.3 is 25.2 Å². The van der Waals surface area contributed by atoms with Crippen molar-refractivity contribution >= 4 is 18.0 Å². The van der Waals surface area contributed by atoms with Crippen molar-refractivity contribution in [2.75, 3.05) is 20.3 Å². The number of alkyl carbamates (subject to hydrolysis) is 1. The summed E-state index contributed by atoms with van der Waals surface area (Å²) in [5.41, 5.74) is 3.25. The summed E-state index contributed by atoms with van der Waals surface area (Å²) in [5, 5.41) is 14.5. The van der Waals surface area contributed by atoms with Gasteiger partial charge in [0.2, 0.25) is 0 Å². The van der Waals surface area contributed by atoms with Crippen LogP contribution in [0.15, 0.2) is 48.5 Å². The molecule has 0 aromatic heterocycles. The highest BCUT2D eigenvalue weighted by atomic mass is 16.5. The van der Waals surface area contributed by atoms with Crippen LogP contribution < -0.4 is 10.6 Å². The summed E-state index contributed by atoms with van der Waals surface area (Å²) in [6.07, 6.45) is -0.192. The quantitative estimate of drug-likeness (QED) is 0.584. The number of benzene rings is 2. The van der Waals surface area contributed by atoms with Crippen molar-refractivity contribution in [3.63, 3.8) is 0 Å². The SMILES string of the molecule is COC(CNC(=O)OCC1c2ccccc2-c2ccccc21)C(=O)NC1(C(=O)O)CCC1. The van der Waals surface area contributed by atoms with Crippen molar-refractivity contribution in [2.24, 2.45) is 0 Å². The van der Waals surface area contributed by atoms with Crippen LogP contribution in [-0.4, -0.2) is 55.0 Å². The average molecular weight is 438 g/mol. The van der Waals surface area contributed by atoms with Gasteiger partial charge in [-0.3, -0.25) is 4.79 Å². The van der Waals surface area contributed by atoms with Gasteiger partial charge in [0.1, 0.15) is 12.1 Å². The third kappa shape index (κ3) is 4.05. The molecule has 168 valence electrons. The topological polar surface area (TPSA) is 114 Å². The number of aliphatic carboxylic acids is 1. The first-order valence-corrected chi connectivity index (χ1v) is 10.6. The molecule has 1 saturated carbocycles. The van der Waals surface area contributed by atoms with Crippen LogP contribution in [0, 0.1) is 0 Å². The van der Waals surface area contributed by atoms with Crippen LogP contribution >= 0.6 is 0 Å². The lowest BCUT2D eigenvalue weighted by Gasteiger charge is -2.39. The fourth-order valence-electron chi connectivity index (χ4n) is 4.35. The van der Waals surface area contributed by atoms with E-state index in [2.05, 4.69) is 22.8 Å². The van der Waals surface area contributed by atoms with E-state index in [4.69, 9.17) is 9.47 Å². The summed E-state index contributed by atoms with van der Waals surface area (Å²) < 4.78 is 10.6. The number of carboxylic acid groups (broad SMARTS) is 1. The summed E-state index contributed by atoms with van der Waals surface area (Å²) in [6, 6.07) is 16.1. The number of hydrogen-bond acceptors (Lipinski definition) is 5. The van der Waals surface area contributed by atoms with Gasteiger partial charge in [-0.25, -0.2) is 9.59 Å². The standard InChI is InChI=1S/C24H26N2O6/c1-31-20(21(27)26-24(22(28)29)11-6-12-24)13-25-23(30)32-14-19-17-9-4-2-7-15(17)16-8-3-5-10-18(16)19/h2-5,7-10,19-20H,6,11-14H2,1H3,(H,25,30)(H,26,27)(H,28,29). The molecule has 1 unspecified atom stereocenters. The van der Waals surface area contributed by atoms with Crippen LogP contribution in [0.5, 0.6) is 0 Å². The molecule has 8 heteroatoms. The van der Waals surface area contributed by atoms with Crippen LogP contribution in [-0.2, 0) is 19.1 Å². The number of ether oxygens (including phenoxy) is 2. The van der Waals surface area contributed by atoms with Crippen molar-refractivity contribution in [3.8, 4) is 11.1 Å². The van der Waals surface area contributed by atoms with Crippen LogP contribution in [0.2, 0.25) is 0 Å². The highest BCUT2D eigenvalue weighted by molar-refractivity contribution is 5.90. The minimum absolute atomic E-state index is 0.0660. The van der Waals surface area contributed by atoms with Gasteiger partial charge in [-0.2, -0.15) is 0 Å². The van der Waals surface area contributed by atoms with Crippen LogP contribution in [0.4, 0.5) is 4.79 Å². The van der Waals surface area contributed by atoms with Gasteiger partial charge in [0.05, 0.1) is 6.54 Å². The molecule has 4 rings (SSSR count). The second-order valence-corrected chi connectivity index (χ2v) is 8.16. The first-order valence-electron chi connectivity index (χ1n) is 10.6. The van der Waals surface area contributed by atoms with E-state index in [9.17, 15) is 19.5 Å². The molecule has 2 aromatic carbocycles. The van der Waals surface area contributed by atoms with Gasteiger partial charge in [-0.15, -0.1) is 0 Å². The molecular weight excluding hydrogens is 412 g/mol. The summed E-state index contributed by atoms with van der Waals surface area (Å²) in [4.78, 5) is 36.2. The van der Waals surface area contributed by atoms with Crippen molar-refractivity contribution in [3.05, 3.63) is 59.7 Å². The molecule has 2 aliphatic carbocycles. The van der Waals surface area contributed by atoms with Crippen LogP contribution in [0.25, 0.3) is 11.1 Å². The minimum atomic E-state index is -1.24. The zero-order valence-corrected chi connectivity index (χ0v) is 17.8. The number of rotatable bonds is 8. The zero-order chi connectivity index (χ0) is 22.7. The van der Waals surface area contributed by atoms with Crippen molar-refractivity contribution in [1.29, 1.82) is 0 Å². The van der Waals surface area contributed by atoms with Gasteiger partial charge in [-0.05, 0) is 41.5 Å². The number of methoxy groups -OCH3 is 1. The molecule has 0 heterocycles. The summed E-state index contributed by atoms with van der Waals surface area (Å²) in [6.45, 7) is 0.0283. The second-order valence-electron chi connectivity index (χ2n) is 8.16. The number of carbonyl (C=O) groups is 3. The lowest BCUT2D eigenvalue weighted by molar-refractivity contribution is -0.153. The highest BCUT2D eigenvalue weighted by Crippen LogP contribution is 2.44. The largest absolute Gasteiger partial charge is 0.480 e. The van der Waals surface area contributed by atoms with E-state index in [1.54, 1.807) is 0 Å². The predicted molar refractivity (Wildman–Crippen MR) is 116 cm³/mol. The molecule has 1 fully saturated rings. The zero-order valence-electron chi connectivity index (χ0n) is 17.8. The Hall–Kier alpha value is -3.39. The molecule has 8 nitrogen and oxygen atoms in total. The molecule has 2 aromatic rings. The van der Waals surface area contributed by atoms with E-state index in [-0.39, 0.29) is 19.1 Å². The molecule has 0 bridgehead atoms. The smallest absolute Gasteiger partial charge is 0.407 e. The molecule has 0 aliphatic heterocycles. The van der Waals surface area contributed by atoms with E-state index >= 15 is 0 Å². The van der Waals surface area contributed by atoms with Gasteiger partial charge in [0, 0.05) is 13.0 Å². The minimum Gasteiger partial charge on any atom is -0.480 e. The fourth-order valence-corrected chi connectivity index (χ4v) is 4.35. The van der Waals surface area contributed by atoms with Crippen molar-refractivity contribution in [1.82, 2.24) is 10.6 Å². The maximum atomic E-state index is 12.4. The van der Waals surface area contributed by atoms with Crippen molar-refractivity contribution < 1.29 is 29.0 Å². The van der Waals surface area contributed by atoms with Gasteiger partial charge in [0.15, 0.2) is 6.10 Å². The Bertz CT molecular complexity index is 987. The van der Waals surface area contributed by atoms with E-state index in [0.717, 1.165) is 28.7 Å². The highest BCUT2D eigenvalue weighted by Gasteiger charge is 2.46. The summed E-state index contributed by atoms with van der Waals surface area (Å²) in [7, 11) is 1.33. The molecular formula is C24H26N2O6. The number of nitrogens with one attached hydrogen (secondary N) is 2. The van der Waals surface area contributed by atoms with Gasteiger partial charge >= 0.3 is 12.1 Å². The predicted octanol–water partition coefficient (Wildman–Crippen LogP) is 2.66. The lowest BCUT2D eigenvalue weighted by atomic mass is 9.76. The molecule has 3 N–H and O–H groups in total. The summed E-state index contributed by atoms with van der Waals surface area (Å²) >= 11 is 0. The molecule has 1 atom stereocenters. The molecule has 0 saturated heterocycles. The Morgan fingerprint density at radius 2 is 1.66 bits per heavy atom. The second kappa shape index (κ2) is 9.00. The fraction of sp³-hybridized carbons (Fsp3) is 0.375. The van der Waals surface area contributed by atoms with Gasteiger partial charge in [-0.1, -0.05) is 48.5 Å². The number of fused-ring (bicyclic) bond motifs is 3. The van der Waals surface area contributed by atoms with Gasteiger partial charge in [0.25, 0.3) is 5.91 Å². The molecule has 0 radical (unpaired) electrons. The Morgan fingerprint density at radius 3 is 2.16 bits per heavy atom. The first kappa shape index (κ1) is 21.8. The maximum Gasteiger partial charge on any atom is 0.407 e. The molecule has 2 aliphatic rings.